The second-order valence-corrected chi connectivity index (χ2v) is 5.25. The molecule has 1 aromatic rings. The lowest BCUT2D eigenvalue weighted by Gasteiger charge is -2.21. The topological polar surface area (TPSA) is 75.3 Å². The third kappa shape index (κ3) is 3.13. The highest BCUT2D eigenvalue weighted by atomic mass is 16.2. The highest BCUT2D eigenvalue weighted by Crippen LogP contribution is 2.19. The van der Waals surface area contributed by atoms with Crippen molar-refractivity contribution in [3.8, 4) is 0 Å². The van der Waals surface area contributed by atoms with Crippen LogP contribution in [-0.2, 0) is 4.79 Å². The molecule has 0 saturated carbocycles. The molecule has 1 aliphatic heterocycles. The van der Waals surface area contributed by atoms with Gasteiger partial charge in [0.1, 0.15) is 17.5 Å². The molecular formula is C13H21N5O. The van der Waals surface area contributed by atoms with E-state index in [-0.39, 0.29) is 11.8 Å². The number of aromatic nitrogens is 2. The zero-order valence-electron chi connectivity index (χ0n) is 11.8. The molecule has 6 nitrogen and oxygen atoms in total. The molecule has 1 amide bonds. The monoisotopic (exact) mass is 263 g/mol. The first kappa shape index (κ1) is 13.6. The average molecular weight is 263 g/mol. The van der Waals surface area contributed by atoms with E-state index in [1.54, 1.807) is 11.0 Å². The molecule has 1 fully saturated rings. The summed E-state index contributed by atoms with van der Waals surface area (Å²) in [6.45, 7) is 6.00. The third-order valence-electron chi connectivity index (χ3n) is 3.26. The maximum Gasteiger partial charge on any atom is 0.241 e. The van der Waals surface area contributed by atoms with Crippen LogP contribution in [0, 0.1) is 0 Å². The molecule has 104 valence electrons. The molecule has 1 saturated heterocycles. The number of nitrogens with two attached hydrogens (primary N) is 1. The average Bonchev–Trinajstić information content (AvgIpc) is 2.51. The van der Waals surface area contributed by atoms with Crippen molar-refractivity contribution in [2.75, 3.05) is 37.3 Å². The van der Waals surface area contributed by atoms with Gasteiger partial charge < -0.3 is 15.5 Å². The normalized spacial score (nSPS) is 16.9. The molecule has 0 spiro atoms. The second kappa shape index (κ2) is 5.42. The fraction of sp³-hybridized carbons (Fsp3) is 0.615. The summed E-state index contributed by atoms with van der Waals surface area (Å²) in [6, 6.07) is 1.74. The van der Waals surface area contributed by atoms with Crippen LogP contribution in [0.4, 0.5) is 11.6 Å². The fourth-order valence-corrected chi connectivity index (χ4v) is 2.07. The minimum absolute atomic E-state index is 0.112. The fourth-order valence-electron chi connectivity index (χ4n) is 2.07. The maximum absolute atomic E-state index is 11.9. The summed E-state index contributed by atoms with van der Waals surface area (Å²) in [4.78, 5) is 24.4. The number of anilines is 2. The highest BCUT2D eigenvalue weighted by Gasteiger charge is 2.21. The summed E-state index contributed by atoms with van der Waals surface area (Å²) < 4.78 is 0. The molecule has 6 heteroatoms. The van der Waals surface area contributed by atoms with Gasteiger partial charge in [-0.2, -0.15) is 0 Å². The molecule has 2 heterocycles. The molecule has 2 rings (SSSR count). The lowest BCUT2D eigenvalue weighted by molar-refractivity contribution is -0.127. The Morgan fingerprint density at radius 2 is 2.05 bits per heavy atom. The smallest absolute Gasteiger partial charge is 0.241 e. The predicted molar refractivity (Wildman–Crippen MR) is 75.0 cm³/mol. The van der Waals surface area contributed by atoms with Gasteiger partial charge >= 0.3 is 0 Å². The molecule has 1 aliphatic rings. The number of carbonyl (C=O) groups excluding carboxylic acids is 1. The second-order valence-electron chi connectivity index (χ2n) is 5.25. The molecule has 19 heavy (non-hydrogen) atoms. The molecule has 2 N–H and O–H groups in total. The lowest BCUT2D eigenvalue weighted by atomic mass is 10.2. The van der Waals surface area contributed by atoms with Gasteiger partial charge in [-0.1, -0.05) is 13.8 Å². The van der Waals surface area contributed by atoms with Gasteiger partial charge in [0, 0.05) is 32.1 Å². The molecule has 0 atom stereocenters. The van der Waals surface area contributed by atoms with E-state index in [1.165, 1.54) is 0 Å². The predicted octanol–water partition coefficient (Wildman–Crippen LogP) is 0.851. The van der Waals surface area contributed by atoms with Crippen molar-refractivity contribution in [3.63, 3.8) is 0 Å². The first-order chi connectivity index (χ1) is 8.97. The Kier molecular flexibility index (Phi) is 3.87. The van der Waals surface area contributed by atoms with Gasteiger partial charge in [-0.15, -0.1) is 0 Å². The van der Waals surface area contributed by atoms with Crippen LogP contribution in [0.25, 0.3) is 0 Å². The maximum atomic E-state index is 11.9. The summed E-state index contributed by atoms with van der Waals surface area (Å²) in [5.41, 5.74) is 5.83. The summed E-state index contributed by atoms with van der Waals surface area (Å²) in [5, 5.41) is 0. The van der Waals surface area contributed by atoms with Gasteiger partial charge in [-0.3, -0.25) is 4.79 Å². The van der Waals surface area contributed by atoms with Gasteiger partial charge in [0.05, 0.1) is 6.54 Å². The van der Waals surface area contributed by atoms with E-state index < -0.39 is 0 Å². The van der Waals surface area contributed by atoms with Crippen LogP contribution in [-0.4, -0.2) is 47.5 Å². The summed E-state index contributed by atoms with van der Waals surface area (Å²) in [6.07, 6.45) is 0.934. The van der Waals surface area contributed by atoms with Crippen molar-refractivity contribution in [3.05, 3.63) is 11.9 Å². The van der Waals surface area contributed by atoms with Crippen LogP contribution in [0.1, 0.15) is 32.0 Å². The molecule has 0 radical (unpaired) electrons. The van der Waals surface area contributed by atoms with E-state index in [0.717, 1.165) is 31.2 Å². The number of likely N-dealkylation sites (N-methyl/N-ethyl adjacent to an activating group) is 1. The van der Waals surface area contributed by atoms with Gasteiger partial charge in [0.15, 0.2) is 0 Å². The number of rotatable bonds is 2. The first-order valence-corrected chi connectivity index (χ1v) is 6.60. The number of carbonyl (C=O) groups is 1. The minimum Gasteiger partial charge on any atom is -0.384 e. The van der Waals surface area contributed by atoms with Crippen molar-refractivity contribution < 1.29 is 4.79 Å². The zero-order valence-corrected chi connectivity index (χ0v) is 11.8. The molecule has 0 aliphatic carbocycles. The Hall–Kier alpha value is -1.85. The van der Waals surface area contributed by atoms with Crippen LogP contribution in [0.5, 0.6) is 0 Å². The van der Waals surface area contributed by atoms with Gasteiger partial charge in [0.25, 0.3) is 0 Å². The van der Waals surface area contributed by atoms with E-state index >= 15 is 0 Å². The van der Waals surface area contributed by atoms with Crippen molar-refractivity contribution >= 4 is 17.5 Å². The van der Waals surface area contributed by atoms with E-state index in [9.17, 15) is 4.79 Å². The van der Waals surface area contributed by atoms with Crippen molar-refractivity contribution in [1.82, 2.24) is 14.9 Å². The number of nitrogens with zero attached hydrogens (tertiary/aromatic N) is 4. The van der Waals surface area contributed by atoms with Crippen LogP contribution in [0.2, 0.25) is 0 Å². The molecular weight excluding hydrogens is 242 g/mol. The quantitative estimate of drug-likeness (QED) is 0.856. The largest absolute Gasteiger partial charge is 0.384 e. The first-order valence-electron chi connectivity index (χ1n) is 6.60. The standard InChI is InChI=1S/C13H21N5O/c1-9(2)13-15-10(14)7-11(16-13)18-6-4-5-17(3)12(19)8-18/h7,9H,4-6,8H2,1-3H3,(H2,14,15,16). The minimum atomic E-state index is 0.112. The Labute approximate surface area is 113 Å². The van der Waals surface area contributed by atoms with Crippen LogP contribution in [0.15, 0.2) is 6.07 Å². The molecule has 0 aromatic carbocycles. The number of hydrogen-bond acceptors (Lipinski definition) is 5. The molecule has 1 aromatic heterocycles. The van der Waals surface area contributed by atoms with Crippen molar-refractivity contribution in [1.29, 1.82) is 0 Å². The van der Waals surface area contributed by atoms with Crippen molar-refractivity contribution in [2.24, 2.45) is 0 Å². The zero-order chi connectivity index (χ0) is 14.0. The van der Waals surface area contributed by atoms with Gasteiger partial charge in [-0.25, -0.2) is 9.97 Å². The van der Waals surface area contributed by atoms with Crippen LogP contribution < -0.4 is 10.6 Å². The van der Waals surface area contributed by atoms with Crippen molar-refractivity contribution in [2.45, 2.75) is 26.2 Å². The van der Waals surface area contributed by atoms with E-state index in [1.807, 2.05) is 25.8 Å². The lowest BCUT2D eigenvalue weighted by Crippen LogP contribution is -2.35. The number of nitrogen functional groups attached to an aromatic ring is 1. The Morgan fingerprint density at radius 3 is 2.74 bits per heavy atom. The Morgan fingerprint density at radius 1 is 1.32 bits per heavy atom. The molecule has 0 bridgehead atoms. The highest BCUT2D eigenvalue weighted by molar-refractivity contribution is 5.81. The Bertz CT molecular complexity index is 474. The van der Waals surface area contributed by atoms with E-state index in [0.29, 0.717) is 12.4 Å². The van der Waals surface area contributed by atoms with E-state index in [2.05, 4.69) is 9.97 Å². The molecule has 0 unspecified atom stereocenters. The van der Waals surface area contributed by atoms with Crippen LogP contribution in [0.3, 0.4) is 0 Å². The summed E-state index contributed by atoms with van der Waals surface area (Å²) >= 11 is 0. The number of amides is 1. The third-order valence-corrected chi connectivity index (χ3v) is 3.26. The van der Waals surface area contributed by atoms with Gasteiger partial charge in [0.2, 0.25) is 5.91 Å². The Balaban J connectivity index is 2.27. The summed E-state index contributed by atoms with van der Waals surface area (Å²) in [7, 11) is 1.83. The van der Waals surface area contributed by atoms with Crippen LogP contribution >= 0.6 is 0 Å². The summed E-state index contributed by atoms with van der Waals surface area (Å²) in [5.74, 6) is 2.26. The van der Waals surface area contributed by atoms with E-state index in [4.69, 9.17) is 5.73 Å². The SMILES string of the molecule is CC(C)c1nc(N)cc(N2CCCN(C)C(=O)C2)n1. The number of hydrogen-bond donors (Lipinski definition) is 1. The van der Waals surface area contributed by atoms with Gasteiger partial charge in [-0.05, 0) is 6.42 Å².